The topological polar surface area (TPSA) is 95.9 Å². The number of aliphatic hydroxyl groups excluding tert-OH is 2. The van der Waals surface area contributed by atoms with E-state index in [0.29, 0.717) is 19.3 Å². The second kappa shape index (κ2) is 41.2. The van der Waals surface area contributed by atoms with Gasteiger partial charge in [0.1, 0.15) is 6.10 Å². The average Bonchev–Trinajstić information content (AvgIpc) is 3.15. The van der Waals surface area contributed by atoms with E-state index in [1.165, 1.54) is 83.5 Å². The van der Waals surface area contributed by atoms with Crippen molar-refractivity contribution in [3.63, 3.8) is 0 Å². The number of unbranched alkanes of at least 4 members (excludes halogenated alkanes) is 22. The van der Waals surface area contributed by atoms with Crippen LogP contribution in [0.15, 0.2) is 36.5 Å². The van der Waals surface area contributed by atoms with E-state index in [4.69, 9.17) is 4.74 Å². The van der Waals surface area contributed by atoms with Gasteiger partial charge in [0.05, 0.1) is 25.2 Å². The summed E-state index contributed by atoms with van der Waals surface area (Å²) < 4.78 is 5.87. The van der Waals surface area contributed by atoms with E-state index in [2.05, 4.69) is 62.5 Å². The summed E-state index contributed by atoms with van der Waals surface area (Å²) in [4.78, 5) is 25.9. The molecule has 0 heterocycles. The Morgan fingerprint density at radius 2 is 1.06 bits per heavy atom. The van der Waals surface area contributed by atoms with Crippen molar-refractivity contribution >= 4 is 11.9 Å². The van der Waals surface area contributed by atoms with Gasteiger partial charge in [-0.2, -0.15) is 0 Å². The lowest BCUT2D eigenvalue weighted by Crippen LogP contribution is -2.46. The van der Waals surface area contributed by atoms with Gasteiger partial charge in [-0.05, 0) is 70.6 Å². The maximum Gasteiger partial charge on any atom is 0.306 e. The number of amides is 1. The molecule has 310 valence electrons. The Labute approximate surface area is 328 Å². The Balaban J connectivity index is 4.49. The molecular formula is C47H87NO5. The lowest BCUT2D eigenvalue weighted by Gasteiger charge is -2.24. The van der Waals surface area contributed by atoms with Crippen LogP contribution in [0.25, 0.3) is 0 Å². The third-order valence-electron chi connectivity index (χ3n) is 10.2. The maximum absolute atomic E-state index is 13.1. The number of rotatable bonds is 40. The number of nitrogens with one attached hydrogen (secondary N) is 1. The molecule has 0 saturated carbocycles. The number of hydrogen-bond acceptors (Lipinski definition) is 5. The lowest BCUT2D eigenvalue weighted by molar-refractivity contribution is -0.151. The predicted molar refractivity (Wildman–Crippen MR) is 227 cm³/mol. The number of carbonyl (C=O) groups is 2. The van der Waals surface area contributed by atoms with Crippen molar-refractivity contribution < 1.29 is 24.5 Å². The fourth-order valence-corrected chi connectivity index (χ4v) is 6.76. The summed E-state index contributed by atoms with van der Waals surface area (Å²) in [6, 6.07) is -0.703. The normalized spacial score (nSPS) is 13.7. The molecule has 3 atom stereocenters. The zero-order valence-electron chi connectivity index (χ0n) is 35.1. The summed E-state index contributed by atoms with van der Waals surface area (Å²) in [6.07, 6.45) is 46.4. The molecule has 0 aromatic carbocycles. The summed E-state index contributed by atoms with van der Waals surface area (Å²) in [5, 5.41) is 23.6. The second-order valence-corrected chi connectivity index (χ2v) is 15.4. The van der Waals surface area contributed by atoms with E-state index >= 15 is 0 Å². The molecule has 6 nitrogen and oxygen atoms in total. The van der Waals surface area contributed by atoms with Gasteiger partial charge in [-0.25, -0.2) is 0 Å². The van der Waals surface area contributed by atoms with Crippen molar-refractivity contribution in [1.29, 1.82) is 0 Å². The van der Waals surface area contributed by atoms with Gasteiger partial charge in [0.2, 0.25) is 5.91 Å². The first-order valence-electron chi connectivity index (χ1n) is 22.7. The highest BCUT2D eigenvalue weighted by Crippen LogP contribution is 2.17. The molecule has 3 unspecified atom stereocenters. The fraction of sp³-hybridized carbons (Fsp3) is 0.830. The molecule has 0 aromatic heterocycles. The third-order valence-corrected chi connectivity index (χ3v) is 10.2. The monoisotopic (exact) mass is 746 g/mol. The zero-order chi connectivity index (χ0) is 38.9. The van der Waals surface area contributed by atoms with Crippen LogP contribution in [0.5, 0.6) is 0 Å². The minimum Gasteiger partial charge on any atom is -0.462 e. The van der Waals surface area contributed by atoms with Gasteiger partial charge in [0, 0.05) is 6.42 Å². The Bertz CT molecular complexity index is 884. The second-order valence-electron chi connectivity index (χ2n) is 15.4. The van der Waals surface area contributed by atoms with Gasteiger partial charge in [-0.3, -0.25) is 9.59 Å². The van der Waals surface area contributed by atoms with E-state index in [1.54, 1.807) is 0 Å². The molecule has 0 bridgehead atoms. The van der Waals surface area contributed by atoms with E-state index in [9.17, 15) is 19.8 Å². The van der Waals surface area contributed by atoms with Crippen molar-refractivity contribution in [3.8, 4) is 0 Å². The molecule has 3 N–H and O–H groups in total. The van der Waals surface area contributed by atoms with Crippen LogP contribution in [-0.2, 0) is 14.3 Å². The van der Waals surface area contributed by atoms with Crippen LogP contribution in [0.2, 0.25) is 0 Å². The molecule has 6 heteroatoms. The van der Waals surface area contributed by atoms with Gasteiger partial charge in [-0.1, -0.05) is 179 Å². The number of hydrogen-bond donors (Lipinski definition) is 3. The van der Waals surface area contributed by atoms with Crippen LogP contribution >= 0.6 is 0 Å². The Hall–Kier alpha value is -1.92. The van der Waals surface area contributed by atoms with Gasteiger partial charge in [0.15, 0.2) is 0 Å². The highest BCUT2D eigenvalue weighted by Gasteiger charge is 2.24. The molecular weight excluding hydrogens is 659 g/mol. The van der Waals surface area contributed by atoms with Crippen LogP contribution < -0.4 is 5.32 Å². The quantitative estimate of drug-likeness (QED) is 0.0330. The Morgan fingerprint density at radius 3 is 1.64 bits per heavy atom. The first-order chi connectivity index (χ1) is 26.0. The molecule has 1 amide bonds. The number of carbonyl (C=O) groups excluding carboxylic acids is 2. The van der Waals surface area contributed by atoms with E-state index in [0.717, 1.165) is 96.3 Å². The standard InChI is InChI=1S/C47H87NO5/c1-4-7-10-13-16-19-21-23-24-26-28-31-34-37-40-47(52)53-43(38-35-32-29-18-15-12-9-6-3)41-46(51)48-44(42-49)45(50)39-36-33-30-27-25-22-20-17-14-11-8-5-2/h7,10,12,15-16,19,43-45,49-50H,4-6,8-9,11,13-14,17-18,20-42H2,1-3H3,(H,48,51)/b10-7+,15-12-,19-16+. The van der Waals surface area contributed by atoms with Crippen molar-refractivity contribution in [2.45, 2.75) is 244 Å². The number of allylic oxidation sites excluding steroid dienone is 6. The Kier molecular flexibility index (Phi) is 39.8. The largest absolute Gasteiger partial charge is 0.462 e. The molecule has 53 heavy (non-hydrogen) atoms. The molecule has 0 saturated heterocycles. The lowest BCUT2D eigenvalue weighted by atomic mass is 10.0. The first kappa shape index (κ1) is 51.1. The molecule has 0 rings (SSSR count). The molecule has 0 aliphatic heterocycles. The average molecular weight is 746 g/mol. The van der Waals surface area contributed by atoms with Gasteiger partial charge in [0.25, 0.3) is 0 Å². The van der Waals surface area contributed by atoms with Gasteiger partial charge >= 0.3 is 5.97 Å². The van der Waals surface area contributed by atoms with Crippen LogP contribution in [-0.4, -0.2) is 46.9 Å². The highest BCUT2D eigenvalue weighted by molar-refractivity contribution is 5.77. The number of aliphatic hydroxyl groups is 2. The summed E-state index contributed by atoms with van der Waals surface area (Å²) in [5.74, 6) is -0.501. The zero-order valence-corrected chi connectivity index (χ0v) is 35.1. The van der Waals surface area contributed by atoms with Crippen LogP contribution in [0.4, 0.5) is 0 Å². The van der Waals surface area contributed by atoms with Gasteiger partial charge in [-0.15, -0.1) is 0 Å². The maximum atomic E-state index is 13.1. The fourth-order valence-electron chi connectivity index (χ4n) is 6.76. The predicted octanol–water partition coefficient (Wildman–Crippen LogP) is 12.9. The molecule has 0 fully saturated rings. The van der Waals surface area contributed by atoms with E-state index in [1.807, 2.05) is 0 Å². The SMILES string of the molecule is CC/C=C/C/C=C/CCCCCCCCCC(=O)OC(CCCCC/C=C\CCC)CC(=O)NC(CO)C(O)CCCCCCCCCCCCCC. The third kappa shape index (κ3) is 36.8. The number of ether oxygens (including phenoxy) is 1. The van der Waals surface area contributed by atoms with E-state index in [-0.39, 0.29) is 24.9 Å². The van der Waals surface area contributed by atoms with E-state index < -0.39 is 18.2 Å². The van der Waals surface area contributed by atoms with Crippen LogP contribution in [0.1, 0.15) is 226 Å². The minimum atomic E-state index is -0.788. The first-order valence-corrected chi connectivity index (χ1v) is 22.7. The molecule has 0 radical (unpaired) electrons. The van der Waals surface area contributed by atoms with Crippen LogP contribution in [0.3, 0.4) is 0 Å². The molecule has 0 aromatic rings. The van der Waals surface area contributed by atoms with Crippen molar-refractivity contribution in [3.05, 3.63) is 36.5 Å². The smallest absolute Gasteiger partial charge is 0.306 e. The molecule has 0 aliphatic rings. The van der Waals surface area contributed by atoms with Crippen molar-refractivity contribution in [2.24, 2.45) is 0 Å². The minimum absolute atomic E-state index is 0.0641. The summed E-state index contributed by atoms with van der Waals surface area (Å²) in [7, 11) is 0. The summed E-state index contributed by atoms with van der Waals surface area (Å²) in [5.41, 5.74) is 0. The molecule has 0 spiro atoms. The van der Waals surface area contributed by atoms with Crippen LogP contribution in [0, 0.1) is 0 Å². The van der Waals surface area contributed by atoms with Crippen molar-refractivity contribution in [1.82, 2.24) is 5.32 Å². The van der Waals surface area contributed by atoms with Gasteiger partial charge < -0.3 is 20.3 Å². The molecule has 0 aliphatic carbocycles. The summed E-state index contributed by atoms with van der Waals surface area (Å²) >= 11 is 0. The number of esters is 1. The Morgan fingerprint density at radius 1 is 0.566 bits per heavy atom. The highest BCUT2D eigenvalue weighted by atomic mass is 16.5. The van der Waals surface area contributed by atoms with Crippen molar-refractivity contribution in [2.75, 3.05) is 6.61 Å². The summed E-state index contributed by atoms with van der Waals surface area (Å²) in [6.45, 7) is 6.29.